The second-order valence-corrected chi connectivity index (χ2v) is 5.10. The molecule has 0 aliphatic heterocycles. The first kappa shape index (κ1) is 13.6. The number of aryl methyl sites for hydroxylation is 1. The number of carbonyl (C=O) groups excluding carboxylic acids is 1. The van der Waals surface area contributed by atoms with Crippen molar-refractivity contribution in [3.8, 4) is 0 Å². The minimum absolute atomic E-state index is 0.0615. The summed E-state index contributed by atoms with van der Waals surface area (Å²) in [7, 11) is 0. The first-order valence-electron chi connectivity index (χ1n) is 5.37. The summed E-state index contributed by atoms with van der Waals surface area (Å²) in [5.41, 5.74) is 0.760. The van der Waals surface area contributed by atoms with Gasteiger partial charge in [0.05, 0.1) is 17.1 Å². The zero-order chi connectivity index (χ0) is 12.8. The fourth-order valence-electron chi connectivity index (χ4n) is 1.37. The number of carboxylic acids is 1. The van der Waals surface area contributed by atoms with Crippen molar-refractivity contribution in [3.63, 3.8) is 0 Å². The third-order valence-electron chi connectivity index (χ3n) is 2.18. The molecule has 5 nitrogen and oxygen atoms in total. The molecule has 1 rings (SSSR count). The van der Waals surface area contributed by atoms with E-state index < -0.39 is 5.97 Å². The molecule has 0 saturated carbocycles. The van der Waals surface area contributed by atoms with E-state index in [1.807, 2.05) is 12.3 Å². The van der Waals surface area contributed by atoms with Gasteiger partial charge < -0.3 is 10.4 Å². The van der Waals surface area contributed by atoms with Gasteiger partial charge >= 0.3 is 5.97 Å². The highest BCUT2D eigenvalue weighted by atomic mass is 32.1. The number of amides is 1. The fraction of sp³-hybridized carbons (Fsp3) is 0.545. The SMILES string of the molecule is Cc1nc(CC(=O)NCC(C)CC(=O)O)cs1. The zero-order valence-corrected chi connectivity index (χ0v) is 10.7. The quantitative estimate of drug-likeness (QED) is 0.802. The zero-order valence-electron chi connectivity index (χ0n) is 9.90. The minimum atomic E-state index is -0.845. The van der Waals surface area contributed by atoms with Crippen molar-refractivity contribution in [1.82, 2.24) is 10.3 Å². The molecule has 17 heavy (non-hydrogen) atoms. The predicted molar refractivity (Wildman–Crippen MR) is 65.0 cm³/mol. The number of nitrogens with zero attached hydrogens (tertiary/aromatic N) is 1. The van der Waals surface area contributed by atoms with Crippen LogP contribution in [0.3, 0.4) is 0 Å². The normalized spacial score (nSPS) is 12.1. The van der Waals surface area contributed by atoms with E-state index in [0.29, 0.717) is 6.54 Å². The summed E-state index contributed by atoms with van der Waals surface area (Å²) < 4.78 is 0. The van der Waals surface area contributed by atoms with Crippen LogP contribution in [0.5, 0.6) is 0 Å². The summed E-state index contributed by atoms with van der Waals surface area (Å²) in [5, 5.41) is 14.1. The maximum atomic E-state index is 11.5. The Morgan fingerprint density at radius 2 is 2.29 bits per heavy atom. The molecular weight excluding hydrogens is 240 g/mol. The highest BCUT2D eigenvalue weighted by Crippen LogP contribution is 2.08. The Hall–Kier alpha value is -1.43. The molecular formula is C11H16N2O3S. The van der Waals surface area contributed by atoms with E-state index in [4.69, 9.17) is 5.11 Å². The maximum absolute atomic E-state index is 11.5. The van der Waals surface area contributed by atoms with Crippen molar-refractivity contribution in [2.75, 3.05) is 6.54 Å². The van der Waals surface area contributed by atoms with E-state index in [1.54, 1.807) is 6.92 Å². The van der Waals surface area contributed by atoms with Crippen LogP contribution in [0.25, 0.3) is 0 Å². The van der Waals surface area contributed by atoms with E-state index in [9.17, 15) is 9.59 Å². The Morgan fingerprint density at radius 1 is 1.59 bits per heavy atom. The molecule has 2 N–H and O–H groups in total. The molecule has 0 aliphatic carbocycles. The average molecular weight is 256 g/mol. The Balaban J connectivity index is 2.28. The molecule has 94 valence electrons. The summed E-state index contributed by atoms with van der Waals surface area (Å²) in [6.45, 7) is 4.07. The Labute approximate surface area is 104 Å². The summed E-state index contributed by atoms with van der Waals surface area (Å²) in [5.74, 6) is -1.02. The standard InChI is InChI=1S/C11H16N2O3S/c1-7(3-11(15)16)5-12-10(14)4-9-6-17-8(2)13-9/h6-7H,3-5H2,1-2H3,(H,12,14)(H,15,16). The third kappa shape index (κ3) is 5.44. The van der Waals surface area contributed by atoms with Crippen LogP contribution in [-0.4, -0.2) is 28.5 Å². The average Bonchev–Trinajstić information content (AvgIpc) is 2.60. The first-order valence-corrected chi connectivity index (χ1v) is 6.25. The van der Waals surface area contributed by atoms with Gasteiger partial charge in [-0.15, -0.1) is 11.3 Å². The molecule has 0 aliphatic rings. The molecule has 0 aromatic carbocycles. The minimum Gasteiger partial charge on any atom is -0.481 e. The van der Waals surface area contributed by atoms with E-state index in [0.717, 1.165) is 10.7 Å². The summed E-state index contributed by atoms with van der Waals surface area (Å²) in [6, 6.07) is 0. The highest BCUT2D eigenvalue weighted by Gasteiger charge is 2.10. The molecule has 1 unspecified atom stereocenters. The predicted octanol–water partition coefficient (Wildman–Crippen LogP) is 1.22. The molecule has 1 aromatic heterocycles. The number of aliphatic carboxylic acids is 1. The van der Waals surface area contributed by atoms with Crippen LogP contribution in [0.2, 0.25) is 0 Å². The molecule has 0 fully saturated rings. The molecule has 1 atom stereocenters. The van der Waals surface area contributed by atoms with Gasteiger partial charge in [0.25, 0.3) is 0 Å². The van der Waals surface area contributed by atoms with Crippen LogP contribution in [0.4, 0.5) is 0 Å². The maximum Gasteiger partial charge on any atom is 0.303 e. The molecule has 0 radical (unpaired) electrons. The number of thiazole rings is 1. The van der Waals surface area contributed by atoms with Crippen LogP contribution in [0, 0.1) is 12.8 Å². The second kappa shape index (κ2) is 6.34. The van der Waals surface area contributed by atoms with Crippen LogP contribution >= 0.6 is 11.3 Å². The van der Waals surface area contributed by atoms with Crippen molar-refractivity contribution in [1.29, 1.82) is 0 Å². The topological polar surface area (TPSA) is 79.3 Å². The lowest BCUT2D eigenvalue weighted by molar-refractivity contribution is -0.138. The van der Waals surface area contributed by atoms with Gasteiger partial charge in [-0.1, -0.05) is 6.92 Å². The molecule has 1 amide bonds. The summed E-state index contributed by atoms with van der Waals surface area (Å²) in [4.78, 5) is 26.1. The van der Waals surface area contributed by atoms with E-state index in [-0.39, 0.29) is 24.7 Å². The summed E-state index contributed by atoms with van der Waals surface area (Å²) >= 11 is 1.51. The Morgan fingerprint density at radius 3 is 2.82 bits per heavy atom. The van der Waals surface area contributed by atoms with E-state index >= 15 is 0 Å². The van der Waals surface area contributed by atoms with Crippen molar-refractivity contribution in [3.05, 3.63) is 16.1 Å². The number of hydrogen-bond donors (Lipinski definition) is 2. The van der Waals surface area contributed by atoms with Gasteiger partial charge in [-0.05, 0) is 12.8 Å². The van der Waals surface area contributed by atoms with Gasteiger partial charge in [0.2, 0.25) is 5.91 Å². The van der Waals surface area contributed by atoms with Crippen LogP contribution < -0.4 is 5.32 Å². The molecule has 0 spiro atoms. The Kier molecular flexibility index (Phi) is 5.09. The number of carbonyl (C=O) groups is 2. The van der Waals surface area contributed by atoms with Gasteiger partial charge in [-0.3, -0.25) is 9.59 Å². The number of nitrogens with one attached hydrogen (secondary N) is 1. The number of rotatable bonds is 6. The van der Waals surface area contributed by atoms with Crippen molar-refractivity contribution >= 4 is 23.2 Å². The number of carboxylic acid groups (broad SMARTS) is 1. The third-order valence-corrected chi connectivity index (χ3v) is 3.00. The molecule has 0 bridgehead atoms. The monoisotopic (exact) mass is 256 g/mol. The highest BCUT2D eigenvalue weighted by molar-refractivity contribution is 7.09. The lowest BCUT2D eigenvalue weighted by Crippen LogP contribution is -2.30. The van der Waals surface area contributed by atoms with Crippen LogP contribution in [0.1, 0.15) is 24.0 Å². The number of hydrogen-bond acceptors (Lipinski definition) is 4. The number of aromatic nitrogens is 1. The van der Waals surface area contributed by atoms with Gasteiger partial charge in [0, 0.05) is 18.3 Å². The van der Waals surface area contributed by atoms with Crippen molar-refractivity contribution in [2.24, 2.45) is 5.92 Å². The largest absolute Gasteiger partial charge is 0.481 e. The fourth-order valence-corrected chi connectivity index (χ4v) is 1.99. The Bertz CT molecular complexity index is 403. The summed E-state index contributed by atoms with van der Waals surface area (Å²) in [6.07, 6.45) is 0.320. The molecule has 1 heterocycles. The molecule has 6 heteroatoms. The van der Waals surface area contributed by atoms with Crippen LogP contribution in [-0.2, 0) is 16.0 Å². The lowest BCUT2D eigenvalue weighted by Gasteiger charge is -2.09. The van der Waals surface area contributed by atoms with Gasteiger partial charge in [0.15, 0.2) is 0 Å². The van der Waals surface area contributed by atoms with Gasteiger partial charge in [-0.2, -0.15) is 0 Å². The van der Waals surface area contributed by atoms with Gasteiger partial charge in [0.1, 0.15) is 0 Å². The molecule has 1 aromatic rings. The smallest absolute Gasteiger partial charge is 0.303 e. The first-order chi connectivity index (χ1) is 7.97. The van der Waals surface area contributed by atoms with Crippen molar-refractivity contribution < 1.29 is 14.7 Å². The van der Waals surface area contributed by atoms with E-state index in [1.165, 1.54) is 11.3 Å². The van der Waals surface area contributed by atoms with Gasteiger partial charge in [-0.25, -0.2) is 4.98 Å². The lowest BCUT2D eigenvalue weighted by atomic mass is 10.1. The van der Waals surface area contributed by atoms with E-state index in [2.05, 4.69) is 10.3 Å². The second-order valence-electron chi connectivity index (χ2n) is 4.04. The van der Waals surface area contributed by atoms with Crippen molar-refractivity contribution in [2.45, 2.75) is 26.7 Å². The van der Waals surface area contributed by atoms with Crippen LogP contribution in [0.15, 0.2) is 5.38 Å². The molecule has 0 saturated heterocycles.